The van der Waals surface area contributed by atoms with Crippen molar-refractivity contribution in [3.8, 4) is 0 Å². The van der Waals surface area contributed by atoms with E-state index in [1.165, 1.54) is 19.3 Å². The summed E-state index contributed by atoms with van der Waals surface area (Å²) in [6.45, 7) is 2.23. The zero-order valence-corrected chi connectivity index (χ0v) is 12.7. The third-order valence-corrected chi connectivity index (χ3v) is 5.60. The molecule has 114 valence electrons. The minimum Gasteiger partial charge on any atom is -0.386 e. The first-order valence-corrected chi connectivity index (χ1v) is 7.92. The van der Waals surface area contributed by atoms with Crippen LogP contribution in [-0.4, -0.2) is 36.9 Å². The molecule has 4 aliphatic carbocycles. The second-order valence-electron chi connectivity index (χ2n) is 7.81. The molecule has 0 radical (unpaired) electrons. The lowest BCUT2D eigenvalue weighted by molar-refractivity contribution is -0.147. The van der Waals surface area contributed by atoms with E-state index in [-0.39, 0.29) is 24.5 Å². The van der Waals surface area contributed by atoms with Crippen LogP contribution in [0.2, 0.25) is 0 Å². The maximum atomic E-state index is 12.7. The number of nitrogens with one attached hydrogen (secondary N) is 1. The Labute approximate surface area is 121 Å². The lowest BCUT2D eigenvalue weighted by atomic mass is 9.49. The van der Waals surface area contributed by atoms with Gasteiger partial charge in [0.25, 0.3) is 0 Å². The Balaban J connectivity index is 1.62. The van der Waals surface area contributed by atoms with Crippen molar-refractivity contribution in [1.29, 1.82) is 0 Å². The zero-order valence-electron chi connectivity index (χ0n) is 12.7. The maximum absolute atomic E-state index is 12.7. The Morgan fingerprint density at radius 2 is 1.75 bits per heavy atom. The van der Waals surface area contributed by atoms with Gasteiger partial charge >= 0.3 is 0 Å². The Kier molecular flexibility index (Phi) is 3.57. The minimum absolute atomic E-state index is 0.127. The predicted octanol–water partition coefficient (Wildman–Crippen LogP) is 1.72. The molecule has 4 heteroatoms. The molecule has 0 aromatic heterocycles. The summed E-state index contributed by atoms with van der Waals surface area (Å²) in [5.41, 5.74) is -1.11. The second-order valence-corrected chi connectivity index (χ2v) is 7.81. The smallest absolute Gasteiger partial charge is 0.226 e. The van der Waals surface area contributed by atoms with Gasteiger partial charge in [0.2, 0.25) is 5.91 Å². The van der Waals surface area contributed by atoms with Crippen LogP contribution in [0, 0.1) is 23.2 Å². The molecule has 1 atom stereocenters. The molecule has 4 fully saturated rings. The lowest BCUT2D eigenvalue weighted by Gasteiger charge is -2.55. The van der Waals surface area contributed by atoms with E-state index in [1.54, 1.807) is 14.0 Å². The first kappa shape index (κ1) is 14.3. The molecule has 20 heavy (non-hydrogen) atoms. The molecular formula is C16H27NO3. The number of aliphatic hydroxyl groups is 1. The molecule has 4 nitrogen and oxygen atoms in total. The topological polar surface area (TPSA) is 58.6 Å². The summed E-state index contributed by atoms with van der Waals surface area (Å²) < 4.78 is 4.99. The molecule has 0 saturated heterocycles. The molecule has 0 aromatic rings. The molecule has 4 aliphatic rings. The molecule has 4 bridgehead atoms. The fourth-order valence-electron chi connectivity index (χ4n) is 5.21. The van der Waals surface area contributed by atoms with Crippen LogP contribution in [0.1, 0.15) is 45.4 Å². The van der Waals surface area contributed by atoms with Gasteiger partial charge in [-0.2, -0.15) is 0 Å². The van der Waals surface area contributed by atoms with Crippen LogP contribution in [0.4, 0.5) is 0 Å². The number of hydrogen-bond donors (Lipinski definition) is 2. The standard InChI is InChI=1S/C16H27NO3/c1-15(19,10-20-2)9-17-14(18)16-6-11-3-12(7-16)5-13(4-11)8-16/h11-13,19H,3-10H2,1-2H3,(H,17,18). The monoisotopic (exact) mass is 281 g/mol. The minimum atomic E-state index is -0.979. The molecule has 2 N–H and O–H groups in total. The number of amides is 1. The molecule has 0 aromatic carbocycles. The molecular weight excluding hydrogens is 254 g/mol. The average molecular weight is 281 g/mol. The zero-order chi connectivity index (χ0) is 14.4. The molecule has 4 rings (SSSR count). The lowest BCUT2D eigenvalue weighted by Crippen LogP contribution is -2.55. The summed E-state index contributed by atoms with van der Waals surface area (Å²) in [5.74, 6) is 2.48. The van der Waals surface area contributed by atoms with Crippen LogP contribution in [-0.2, 0) is 9.53 Å². The van der Waals surface area contributed by atoms with Crippen molar-refractivity contribution >= 4 is 5.91 Å². The highest BCUT2D eigenvalue weighted by Crippen LogP contribution is 2.60. The maximum Gasteiger partial charge on any atom is 0.226 e. The van der Waals surface area contributed by atoms with Crippen LogP contribution in [0.3, 0.4) is 0 Å². The van der Waals surface area contributed by atoms with Crippen molar-refractivity contribution in [2.75, 3.05) is 20.3 Å². The Hall–Kier alpha value is -0.610. The van der Waals surface area contributed by atoms with Gasteiger partial charge in [-0.1, -0.05) is 0 Å². The highest BCUT2D eigenvalue weighted by atomic mass is 16.5. The fourth-order valence-corrected chi connectivity index (χ4v) is 5.21. The number of hydrogen-bond acceptors (Lipinski definition) is 3. The number of methoxy groups -OCH3 is 1. The van der Waals surface area contributed by atoms with E-state index in [9.17, 15) is 9.90 Å². The van der Waals surface area contributed by atoms with E-state index < -0.39 is 5.60 Å². The van der Waals surface area contributed by atoms with E-state index in [0.717, 1.165) is 37.0 Å². The van der Waals surface area contributed by atoms with Gasteiger partial charge in [0.15, 0.2) is 0 Å². The number of ether oxygens (including phenoxy) is 1. The van der Waals surface area contributed by atoms with Gasteiger partial charge in [-0.15, -0.1) is 0 Å². The summed E-state index contributed by atoms with van der Waals surface area (Å²) >= 11 is 0. The van der Waals surface area contributed by atoms with Gasteiger partial charge in [0.05, 0.1) is 6.61 Å². The van der Waals surface area contributed by atoms with Crippen molar-refractivity contribution in [2.24, 2.45) is 23.2 Å². The van der Waals surface area contributed by atoms with Crippen LogP contribution in [0.5, 0.6) is 0 Å². The number of rotatable bonds is 5. The number of carbonyl (C=O) groups excluding carboxylic acids is 1. The third kappa shape index (κ3) is 2.60. The van der Waals surface area contributed by atoms with Crippen molar-refractivity contribution in [3.63, 3.8) is 0 Å². The van der Waals surface area contributed by atoms with Crippen LogP contribution in [0.25, 0.3) is 0 Å². The quantitative estimate of drug-likeness (QED) is 0.806. The Morgan fingerprint density at radius 1 is 1.25 bits per heavy atom. The Morgan fingerprint density at radius 3 is 2.20 bits per heavy atom. The summed E-state index contributed by atoms with van der Waals surface area (Å²) in [4.78, 5) is 12.7. The van der Waals surface area contributed by atoms with E-state index in [4.69, 9.17) is 4.74 Å². The van der Waals surface area contributed by atoms with Crippen LogP contribution >= 0.6 is 0 Å². The average Bonchev–Trinajstić information content (AvgIpc) is 2.34. The van der Waals surface area contributed by atoms with Crippen LogP contribution in [0.15, 0.2) is 0 Å². The summed E-state index contributed by atoms with van der Waals surface area (Å²) in [6.07, 6.45) is 7.22. The van der Waals surface area contributed by atoms with Crippen molar-refractivity contribution < 1.29 is 14.6 Å². The largest absolute Gasteiger partial charge is 0.386 e. The van der Waals surface area contributed by atoms with Crippen molar-refractivity contribution in [3.05, 3.63) is 0 Å². The first-order chi connectivity index (χ1) is 9.42. The van der Waals surface area contributed by atoms with E-state index >= 15 is 0 Å². The van der Waals surface area contributed by atoms with Crippen molar-refractivity contribution in [2.45, 2.75) is 51.0 Å². The first-order valence-electron chi connectivity index (χ1n) is 7.92. The van der Waals surface area contributed by atoms with E-state index in [0.29, 0.717) is 0 Å². The highest BCUT2D eigenvalue weighted by Gasteiger charge is 2.54. The SMILES string of the molecule is COCC(C)(O)CNC(=O)C12CC3CC(CC(C3)C1)C2. The van der Waals surface area contributed by atoms with Gasteiger partial charge in [0.1, 0.15) is 5.60 Å². The van der Waals surface area contributed by atoms with Crippen molar-refractivity contribution in [1.82, 2.24) is 5.32 Å². The van der Waals surface area contributed by atoms with Crippen LogP contribution < -0.4 is 5.32 Å². The van der Waals surface area contributed by atoms with E-state index in [2.05, 4.69) is 5.32 Å². The van der Waals surface area contributed by atoms with Gasteiger partial charge in [0, 0.05) is 19.1 Å². The van der Waals surface area contributed by atoms with E-state index in [1.807, 2.05) is 0 Å². The molecule has 0 spiro atoms. The molecule has 1 amide bonds. The van der Waals surface area contributed by atoms with Gasteiger partial charge in [-0.25, -0.2) is 0 Å². The highest BCUT2D eigenvalue weighted by molar-refractivity contribution is 5.83. The summed E-state index contributed by atoms with van der Waals surface area (Å²) in [7, 11) is 1.56. The molecule has 4 saturated carbocycles. The summed E-state index contributed by atoms with van der Waals surface area (Å²) in [5, 5.41) is 13.1. The number of carbonyl (C=O) groups is 1. The normalized spacial score (nSPS) is 41.5. The Bertz CT molecular complexity index is 356. The summed E-state index contributed by atoms with van der Waals surface area (Å²) in [6, 6.07) is 0. The second kappa shape index (κ2) is 4.99. The molecule has 0 aliphatic heterocycles. The van der Waals surface area contributed by atoms with Gasteiger partial charge in [-0.05, 0) is 63.2 Å². The fraction of sp³-hybridized carbons (Fsp3) is 0.938. The predicted molar refractivity (Wildman–Crippen MR) is 76.1 cm³/mol. The van der Waals surface area contributed by atoms with Gasteiger partial charge < -0.3 is 15.2 Å². The molecule has 1 unspecified atom stereocenters. The van der Waals surface area contributed by atoms with Gasteiger partial charge in [-0.3, -0.25) is 4.79 Å². The third-order valence-electron chi connectivity index (χ3n) is 5.60. The molecule has 0 heterocycles.